The SMILES string of the molecule is Cc1nc2ccc(F)cc2n1-c1nncc(Nc2ccc(C(F)(F)F)cc2)n1. The predicted molar refractivity (Wildman–Crippen MR) is 93.9 cm³/mol. The zero-order valence-corrected chi connectivity index (χ0v) is 14.4. The Balaban J connectivity index is 1.67. The van der Waals surface area contributed by atoms with Crippen LogP contribution in [0.5, 0.6) is 0 Å². The quantitative estimate of drug-likeness (QED) is 0.526. The van der Waals surface area contributed by atoms with Crippen LogP contribution in [0.1, 0.15) is 11.4 Å². The Hall–Kier alpha value is -3.56. The van der Waals surface area contributed by atoms with Gasteiger partial charge in [0, 0.05) is 11.8 Å². The van der Waals surface area contributed by atoms with Crippen molar-refractivity contribution in [3.05, 3.63) is 65.9 Å². The lowest BCUT2D eigenvalue weighted by Gasteiger charge is -2.10. The van der Waals surface area contributed by atoms with Gasteiger partial charge in [0.15, 0.2) is 5.82 Å². The van der Waals surface area contributed by atoms with Crippen LogP contribution in [0.25, 0.3) is 17.0 Å². The zero-order valence-electron chi connectivity index (χ0n) is 14.4. The molecule has 4 rings (SSSR count). The largest absolute Gasteiger partial charge is 0.416 e. The smallest absolute Gasteiger partial charge is 0.339 e. The number of anilines is 2. The van der Waals surface area contributed by atoms with Gasteiger partial charge in [-0.15, -0.1) is 5.10 Å². The first-order chi connectivity index (χ1) is 13.3. The highest BCUT2D eigenvalue weighted by Gasteiger charge is 2.29. The van der Waals surface area contributed by atoms with Crippen molar-refractivity contribution in [3.63, 3.8) is 0 Å². The Morgan fingerprint density at radius 1 is 1.00 bits per heavy atom. The molecule has 142 valence electrons. The Morgan fingerprint density at radius 2 is 1.75 bits per heavy atom. The summed E-state index contributed by atoms with van der Waals surface area (Å²) in [6.07, 6.45) is -3.08. The highest BCUT2D eigenvalue weighted by molar-refractivity contribution is 5.77. The average Bonchev–Trinajstić information content (AvgIpc) is 2.96. The second kappa shape index (κ2) is 6.55. The van der Waals surface area contributed by atoms with Crippen molar-refractivity contribution in [1.29, 1.82) is 0 Å². The van der Waals surface area contributed by atoms with E-state index in [4.69, 9.17) is 0 Å². The molecule has 0 atom stereocenters. The van der Waals surface area contributed by atoms with Gasteiger partial charge in [-0.3, -0.25) is 4.57 Å². The molecule has 2 aromatic heterocycles. The van der Waals surface area contributed by atoms with E-state index in [1.54, 1.807) is 17.6 Å². The molecule has 0 unspecified atom stereocenters. The first kappa shape index (κ1) is 17.8. The van der Waals surface area contributed by atoms with Crippen molar-refractivity contribution >= 4 is 22.5 Å². The molecule has 0 aliphatic heterocycles. The molecule has 0 bridgehead atoms. The number of aryl methyl sites for hydroxylation is 1. The van der Waals surface area contributed by atoms with Gasteiger partial charge >= 0.3 is 6.18 Å². The van der Waals surface area contributed by atoms with Gasteiger partial charge in [0.2, 0.25) is 0 Å². The number of fused-ring (bicyclic) bond motifs is 1. The maximum absolute atomic E-state index is 13.6. The summed E-state index contributed by atoms with van der Waals surface area (Å²) in [4.78, 5) is 8.65. The van der Waals surface area contributed by atoms with Crippen LogP contribution in [0.4, 0.5) is 29.1 Å². The highest BCUT2D eigenvalue weighted by Crippen LogP contribution is 2.30. The molecule has 28 heavy (non-hydrogen) atoms. The van der Waals surface area contributed by atoms with Crippen molar-refractivity contribution in [2.24, 2.45) is 0 Å². The number of alkyl halides is 3. The molecule has 0 fully saturated rings. The average molecular weight is 388 g/mol. The van der Waals surface area contributed by atoms with Gasteiger partial charge < -0.3 is 5.32 Å². The summed E-state index contributed by atoms with van der Waals surface area (Å²) in [6, 6.07) is 8.68. The molecular formula is C18H12F4N6. The van der Waals surface area contributed by atoms with Crippen molar-refractivity contribution in [1.82, 2.24) is 24.7 Å². The second-order valence-electron chi connectivity index (χ2n) is 5.97. The number of rotatable bonds is 3. The van der Waals surface area contributed by atoms with E-state index in [9.17, 15) is 17.6 Å². The third kappa shape index (κ3) is 3.36. The number of benzene rings is 2. The fourth-order valence-electron chi connectivity index (χ4n) is 2.76. The van der Waals surface area contributed by atoms with E-state index in [1.807, 2.05) is 0 Å². The molecule has 4 aromatic rings. The van der Waals surface area contributed by atoms with Crippen molar-refractivity contribution in [2.75, 3.05) is 5.32 Å². The molecule has 2 aromatic carbocycles. The lowest BCUT2D eigenvalue weighted by Crippen LogP contribution is -2.07. The van der Waals surface area contributed by atoms with Crippen LogP contribution in [0, 0.1) is 12.7 Å². The predicted octanol–water partition coefficient (Wildman–Crippen LogP) is 4.42. The normalized spacial score (nSPS) is 11.8. The molecule has 10 heteroatoms. The molecule has 0 aliphatic carbocycles. The summed E-state index contributed by atoms with van der Waals surface area (Å²) in [5.74, 6) is 0.527. The minimum Gasteiger partial charge on any atom is -0.339 e. The van der Waals surface area contributed by atoms with Crippen LogP contribution in [-0.2, 0) is 6.18 Å². The summed E-state index contributed by atoms with van der Waals surface area (Å²) in [6.45, 7) is 1.72. The number of imidazole rings is 1. The van der Waals surface area contributed by atoms with Crippen molar-refractivity contribution < 1.29 is 17.6 Å². The minimum atomic E-state index is -4.41. The lowest BCUT2D eigenvalue weighted by molar-refractivity contribution is -0.137. The van der Waals surface area contributed by atoms with E-state index in [2.05, 4.69) is 25.5 Å². The van der Waals surface area contributed by atoms with Crippen LogP contribution in [0.2, 0.25) is 0 Å². The number of halogens is 4. The number of aromatic nitrogens is 5. The molecule has 0 saturated heterocycles. The van der Waals surface area contributed by atoms with Gasteiger partial charge in [-0.25, -0.2) is 9.37 Å². The third-order valence-electron chi connectivity index (χ3n) is 4.02. The summed E-state index contributed by atoms with van der Waals surface area (Å²) in [5.41, 5.74) is 0.703. The van der Waals surface area contributed by atoms with Gasteiger partial charge in [0.1, 0.15) is 11.6 Å². The first-order valence-electron chi connectivity index (χ1n) is 8.10. The molecule has 1 N–H and O–H groups in total. The monoisotopic (exact) mass is 388 g/mol. The van der Waals surface area contributed by atoms with Crippen molar-refractivity contribution in [3.8, 4) is 5.95 Å². The van der Waals surface area contributed by atoms with Gasteiger partial charge in [-0.2, -0.15) is 23.3 Å². The van der Waals surface area contributed by atoms with E-state index >= 15 is 0 Å². The first-order valence-corrected chi connectivity index (χ1v) is 8.10. The minimum absolute atomic E-state index is 0.155. The molecule has 0 amide bonds. The maximum Gasteiger partial charge on any atom is 0.416 e. The Kier molecular flexibility index (Phi) is 4.17. The van der Waals surface area contributed by atoms with Crippen LogP contribution < -0.4 is 5.32 Å². The van der Waals surface area contributed by atoms with Crippen LogP contribution in [0.3, 0.4) is 0 Å². The van der Waals surface area contributed by atoms with E-state index < -0.39 is 17.6 Å². The highest BCUT2D eigenvalue weighted by atomic mass is 19.4. The molecule has 0 spiro atoms. The summed E-state index contributed by atoms with van der Waals surface area (Å²) in [7, 11) is 0. The second-order valence-corrected chi connectivity index (χ2v) is 5.97. The van der Waals surface area contributed by atoms with E-state index in [0.717, 1.165) is 12.1 Å². The summed E-state index contributed by atoms with van der Waals surface area (Å²) < 4.78 is 53.2. The maximum atomic E-state index is 13.6. The Bertz CT molecular complexity index is 1150. The van der Waals surface area contributed by atoms with E-state index in [0.29, 0.717) is 22.5 Å². The van der Waals surface area contributed by atoms with Gasteiger partial charge in [-0.1, -0.05) is 0 Å². The summed E-state index contributed by atoms with van der Waals surface area (Å²) in [5, 5.41) is 10.7. The van der Waals surface area contributed by atoms with Gasteiger partial charge in [-0.05, 0) is 43.3 Å². The number of hydrogen-bond acceptors (Lipinski definition) is 5. The molecular weight excluding hydrogens is 376 g/mol. The molecule has 6 nitrogen and oxygen atoms in total. The topological polar surface area (TPSA) is 68.5 Å². The number of hydrogen-bond donors (Lipinski definition) is 1. The van der Waals surface area contributed by atoms with E-state index in [1.165, 1.54) is 30.5 Å². The Labute approximate surface area is 155 Å². The third-order valence-corrected chi connectivity index (χ3v) is 4.02. The van der Waals surface area contributed by atoms with Crippen molar-refractivity contribution in [2.45, 2.75) is 13.1 Å². The summed E-state index contributed by atoms with van der Waals surface area (Å²) >= 11 is 0. The lowest BCUT2D eigenvalue weighted by atomic mass is 10.2. The standard InChI is InChI=1S/C18H12F4N6/c1-10-24-14-7-4-12(19)8-15(14)28(10)17-26-16(9-23-27-17)25-13-5-2-11(3-6-13)18(20,21)22/h2-9H,1H3,(H,25,26,27). The van der Waals surface area contributed by atoms with Gasteiger partial charge in [0.25, 0.3) is 5.95 Å². The number of nitrogens with zero attached hydrogens (tertiary/aromatic N) is 5. The molecule has 0 radical (unpaired) electrons. The number of nitrogens with one attached hydrogen (secondary N) is 1. The Morgan fingerprint density at radius 3 is 2.46 bits per heavy atom. The molecule has 0 aliphatic rings. The fraction of sp³-hybridized carbons (Fsp3) is 0.111. The van der Waals surface area contributed by atoms with Crippen LogP contribution in [-0.4, -0.2) is 24.7 Å². The van der Waals surface area contributed by atoms with Gasteiger partial charge in [0.05, 0.1) is 22.8 Å². The zero-order chi connectivity index (χ0) is 19.9. The molecule has 2 heterocycles. The van der Waals surface area contributed by atoms with Crippen LogP contribution in [0.15, 0.2) is 48.7 Å². The van der Waals surface area contributed by atoms with Crippen LogP contribution >= 0.6 is 0 Å². The molecule has 0 saturated carbocycles. The fourth-order valence-corrected chi connectivity index (χ4v) is 2.76. The van der Waals surface area contributed by atoms with E-state index in [-0.39, 0.29) is 11.8 Å².